The van der Waals surface area contributed by atoms with E-state index in [-0.39, 0.29) is 23.6 Å². The van der Waals surface area contributed by atoms with Gasteiger partial charge in [0.15, 0.2) is 16.8 Å². The smallest absolute Gasteiger partial charge is 0.191 e. The Morgan fingerprint density at radius 1 is 1.29 bits per heavy atom. The van der Waals surface area contributed by atoms with Gasteiger partial charge in [-0.15, -0.1) is 22.6 Å². The first-order valence-electron chi connectivity index (χ1n) is 11.4. The molecule has 2 atom stereocenters. The van der Waals surface area contributed by atoms with E-state index in [1.54, 1.807) is 32.0 Å². The normalized spacial score (nSPS) is 21.1. The number of carbonyl (C=O) groups excluding carboxylic acids is 1. The van der Waals surface area contributed by atoms with Crippen LogP contribution in [0, 0.1) is 5.92 Å². The molecule has 7 nitrogen and oxygen atoms in total. The second-order valence-corrected chi connectivity index (χ2v) is 10.1. The molecule has 180 valence electrons. The SMILES string of the molecule is COc1ccc(C23CC2CN(CCCSc2nnc(-c4cccnc4)n2C)C3)cc1C(C)=O.Cl. The Kier molecular flexibility index (Phi) is 7.31. The molecule has 0 bridgehead atoms. The van der Waals surface area contributed by atoms with Gasteiger partial charge in [0.1, 0.15) is 5.75 Å². The number of nitrogens with zero attached hydrogens (tertiary/aromatic N) is 5. The van der Waals surface area contributed by atoms with Crippen molar-refractivity contribution in [2.75, 3.05) is 32.5 Å². The molecule has 1 saturated heterocycles. The minimum absolute atomic E-state index is 0. The first-order valence-corrected chi connectivity index (χ1v) is 12.3. The van der Waals surface area contributed by atoms with E-state index in [4.69, 9.17) is 4.74 Å². The van der Waals surface area contributed by atoms with Gasteiger partial charge in [0.05, 0.1) is 12.7 Å². The highest BCUT2D eigenvalue weighted by Crippen LogP contribution is 2.59. The van der Waals surface area contributed by atoms with Crippen LogP contribution >= 0.6 is 24.2 Å². The number of hydrogen-bond donors (Lipinski definition) is 0. The van der Waals surface area contributed by atoms with Crippen LogP contribution in [0.4, 0.5) is 0 Å². The Bertz CT molecular complexity index is 1170. The number of benzene rings is 1. The van der Waals surface area contributed by atoms with Gasteiger partial charge in [-0.1, -0.05) is 17.8 Å². The van der Waals surface area contributed by atoms with Crippen molar-refractivity contribution in [3.05, 3.63) is 53.9 Å². The van der Waals surface area contributed by atoms with Crippen LogP contribution in [0.15, 0.2) is 47.9 Å². The van der Waals surface area contributed by atoms with Gasteiger partial charge < -0.3 is 14.2 Å². The summed E-state index contributed by atoms with van der Waals surface area (Å²) in [5, 5.41) is 9.64. The number of likely N-dealkylation sites (tertiary alicyclic amines) is 1. The number of piperidine rings is 1. The molecule has 1 aliphatic heterocycles. The van der Waals surface area contributed by atoms with Crippen LogP contribution in [-0.2, 0) is 12.5 Å². The van der Waals surface area contributed by atoms with E-state index in [0.29, 0.717) is 17.2 Å². The Morgan fingerprint density at radius 3 is 2.88 bits per heavy atom. The first-order chi connectivity index (χ1) is 16.0. The zero-order chi connectivity index (χ0) is 23.0. The second-order valence-electron chi connectivity index (χ2n) is 9.07. The van der Waals surface area contributed by atoms with Crippen molar-refractivity contribution < 1.29 is 9.53 Å². The van der Waals surface area contributed by atoms with E-state index < -0.39 is 0 Å². The highest BCUT2D eigenvalue weighted by Gasteiger charge is 2.60. The molecule has 2 unspecified atom stereocenters. The molecule has 2 fully saturated rings. The topological polar surface area (TPSA) is 73.1 Å². The quantitative estimate of drug-likeness (QED) is 0.247. The number of Topliss-reactive ketones (excluding diaryl/α,β-unsaturated/α-hetero) is 1. The van der Waals surface area contributed by atoms with Crippen LogP contribution < -0.4 is 4.74 Å². The molecule has 0 N–H and O–H groups in total. The molecule has 1 aromatic carbocycles. The summed E-state index contributed by atoms with van der Waals surface area (Å²) in [7, 11) is 3.63. The number of fused-ring (bicyclic) bond motifs is 1. The van der Waals surface area contributed by atoms with Crippen LogP contribution in [0.3, 0.4) is 0 Å². The zero-order valence-corrected chi connectivity index (χ0v) is 21.4. The van der Waals surface area contributed by atoms with Gasteiger partial charge >= 0.3 is 0 Å². The van der Waals surface area contributed by atoms with Gasteiger partial charge in [-0.3, -0.25) is 9.78 Å². The van der Waals surface area contributed by atoms with E-state index in [1.807, 2.05) is 36.0 Å². The summed E-state index contributed by atoms with van der Waals surface area (Å²) in [6.45, 7) is 4.90. The molecule has 0 radical (unpaired) electrons. The van der Waals surface area contributed by atoms with Gasteiger partial charge in [0, 0.05) is 49.3 Å². The molecule has 34 heavy (non-hydrogen) atoms. The lowest BCUT2D eigenvalue weighted by molar-refractivity contribution is 0.101. The Morgan fingerprint density at radius 2 is 2.15 bits per heavy atom. The molecule has 3 aromatic rings. The number of aromatic nitrogens is 4. The number of rotatable bonds is 9. The number of methoxy groups -OCH3 is 1. The second kappa shape index (κ2) is 10.1. The van der Waals surface area contributed by atoms with Gasteiger partial charge in [-0.2, -0.15) is 0 Å². The third kappa shape index (κ3) is 4.59. The van der Waals surface area contributed by atoms with E-state index in [0.717, 1.165) is 48.4 Å². The van der Waals surface area contributed by atoms with Gasteiger partial charge in [-0.25, -0.2) is 0 Å². The lowest BCUT2D eigenvalue weighted by Crippen LogP contribution is -2.28. The molecule has 3 heterocycles. The van der Waals surface area contributed by atoms with Crippen LogP contribution in [0.1, 0.15) is 35.7 Å². The van der Waals surface area contributed by atoms with E-state index in [2.05, 4.69) is 32.2 Å². The number of thioether (sulfide) groups is 1. The number of carbonyl (C=O) groups is 1. The fraction of sp³-hybridized carbons (Fsp3) is 0.440. The van der Waals surface area contributed by atoms with Crippen molar-refractivity contribution in [1.29, 1.82) is 0 Å². The Balaban J connectivity index is 0.00000274. The maximum Gasteiger partial charge on any atom is 0.191 e. The van der Waals surface area contributed by atoms with Crippen LogP contribution in [-0.4, -0.2) is 62.9 Å². The summed E-state index contributed by atoms with van der Waals surface area (Å²) < 4.78 is 7.42. The largest absolute Gasteiger partial charge is 0.496 e. The van der Waals surface area contributed by atoms with E-state index >= 15 is 0 Å². The van der Waals surface area contributed by atoms with Gasteiger partial charge in [0.2, 0.25) is 0 Å². The average Bonchev–Trinajstić information content (AvgIpc) is 3.21. The number of ether oxygens (including phenoxy) is 1. The molecular weight excluding hydrogens is 470 g/mol. The van der Waals surface area contributed by atoms with Crippen LogP contribution in [0.25, 0.3) is 11.4 Å². The summed E-state index contributed by atoms with van der Waals surface area (Å²) >= 11 is 1.75. The van der Waals surface area contributed by atoms with Crippen molar-refractivity contribution in [1.82, 2.24) is 24.6 Å². The summed E-state index contributed by atoms with van der Waals surface area (Å²) in [6, 6.07) is 10.1. The summed E-state index contributed by atoms with van der Waals surface area (Å²) in [4.78, 5) is 18.8. The van der Waals surface area contributed by atoms with Gasteiger partial charge in [0.25, 0.3) is 0 Å². The number of hydrogen-bond acceptors (Lipinski definition) is 7. The number of pyridine rings is 1. The maximum absolute atomic E-state index is 12.1. The zero-order valence-electron chi connectivity index (χ0n) is 19.7. The van der Waals surface area contributed by atoms with Gasteiger partial charge in [-0.05, 0) is 62.1 Å². The molecule has 1 aliphatic carbocycles. The standard InChI is InChI=1S/C25H29N5O2S.ClH/c1-17(31)21-12-19(7-8-22(21)32-3)25-13-20(25)15-30(16-25)10-5-11-33-24-28-27-23(29(24)2)18-6-4-9-26-14-18;/h4,6-9,12,14,20H,5,10-11,13,15-16H2,1-3H3;1H. The summed E-state index contributed by atoms with van der Waals surface area (Å²) in [5.74, 6) is 3.27. The van der Waals surface area contributed by atoms with Crippen molar-refractivity contribution in [2.45, 2.75) is 30.3 Å². The number of ketones is 1. The first kappa shape index (κ1) is 24.7. The molecule has 5 rings (SSSR count). The van der Waals surface area contributed by atoms with Crippen molar-refractivity contribution in [3.8, 4) is 17.1 Å². The molecular formula is C25H30ClN5O2S. The molecule has 0 amide bonds. The molecule has 2 aliphatic rings. The van der Waals surface area contributed by atoms with Crippen LogP contribution in [0.5, 0.6) is 5.75 Å². The summed E-state index contributed by atoms with van der Waals surface area (Å²) in [6.07, 6.45) is 5.90. The predicted octanol–water partition coefficient (Wildman–Crippen LogP) is 4.27. The van der Waals surface area contributed by atoms with E-state index in [1.165, 1.54) is 12.0 Å². The monoisotopic (exact) mass is 499 g/mol. The lowest BCUT2D eigenvalue weighted by atomic mass is 9.92. The third-order valence-electron chi connectivity index (χ3n) is 6.97. The Hall–Kier alpha value is -2.42. The predicted molar refractivity (Wildman–Crippen MR) is 136 cm³/mol. The van der Waals surface area contributed by atoms with Crippen molar-refractivity contribution >= 4 is 30.0 Å². The van der Waals surface area contributed by atoms with Crippen molar-refractivity contribution in [3.63, 3.8) is 0 Å². The Labute approximate surface area is 210 Å². The van der Waals surface area contributed by atoms with Crippen LogP contribution in [0.2, 0.25) is 0 Å². The molecule has 0 spiro atoms. The molecule has 9 heteroatoms. The fourth-order valence-electron chi connectivity index (χ4n) is 5.14. The average molecular weight is 500 g/mol. The molecule has 2 aromatic heterocycles. The minimum atomic E-state index is 0. The number of halogens is 1. The highest BCUT2D eigenvalue weighted by atomic mass is 35.5. The van der Waals surface area contributed by atoms with E-state index in [9.17, 15) is 4.79 Å². The summed E-state index contributed by atoms with van der Waals surface area (Å²) in [5.41, 5.74) is 3.18. The lowest BCUT2D eigenvalue weighted by Gasteiger charge is -2.21. The minimum Gasteiger partial charge on any atom is -0.496 e. The van der Waals surface area contributed by atoms with Crippen molar-refractivity contribution in [2.24, 2.45) is 13.0 Å². The fourth-order valence-corrected chi connectivity index (χ4v) is 5.97. The maximum atomic E-state index is 12.1. The highest BCUT2D eigenvalue weighted by molar-refractivity contribution is 7.99. The molecule has 1 saturated carbocycles. The third-order valence-corrected chi connectivity index (χ3v) is 8.08.